The molecular weight excluding hydrogens is 280 g/mol. The van der Waals surface area contributed by atoms with E-state index < -0.39 is 10.0 Å². The van der Waals surface area contributed by atoms with Crippen LogP contribution in [0.3, 0.4) is 0 Å². The van der Waals surface area contributed by atoms with Gasteiger partial charge in [0, 0.05) is 18.4 Å². The Morgan fingerprint density at radius 2 is 2.20 bits per heavy atom. The first-order chi connectivity index (χ1) is 9.53. The molecule has 0 spiro atoms. The summed E-state index contributed by atoms with van der Waals surface area (Å²) in [6.07, 6.45) is 3.32. The predicted molar refractivity (Wildman–Crippen MR) is 75.6 cm³/mol. The molecule has 0 radical (unpaired) electrons. The zero-order valence-corrected chi connectivity index (χ0v) is 11.8. The number of nitrogens with two attached hydrogens (primary N) is 1. The van der Waals surface area contributed by atoms with Crippen LogP contribution >= 0.6 is 0 Å². The predicted octanol–water partition coefficient (Wildman–Crippen LogP) is -0.120. The molecule has 0 saturated carbocycles. The Balaban J connectivity index is 2.15. The number of sulfonamides is 1. The molecule has 8 nitrogen and oxygen atoms in total. The van der Waals surface area contributed by atoms with Crippen molar-refractivity contribution in [3.63, 3.8) is 0 Å². The van der Waals surface area contributed by atoms with E-state index in [1.54, 1.807) is 29.2 Å². The number of hydrogen-bond donors (Lipinski definition) is 3. The second kappa shape index (κ2) is 5.88. The summed E-state index contributed by atoms with van der Waals surface area (Å²) < 4.78 is 27.8. The summed E-state index contributed by atoms with van der Waals surface area (Å²) in [6, 6.07) is 4.71. The van der Waals surface area contributed by atoms with E-state index in [1.165, 1.54) is 13.1 Å². The molecule has 1 aromatic carbocycles. The van der Waals surface area contributed by atoms with E-state index in [4.69, 9.17) is 5.73 Å². The van der Waals surface area contributed by atoms with Crippen LogP contribution in [0.15, 0.2) is 35.5 Å². The number of rotatable bonds is 6. The lowest BCUT2D eigenvalue weighted by Crippen LogP contribution is -2.21. The molecule has 0 atom stereocenters. The Kier molecular flexibility index (Phi) is 4.20. The summed E-state index contributed by atoms with van der Waals surface area (Å²) in [5.41, 5.74) is 6.53. The van der Waals surface area contributed by atoms with Crippen molar-refractivity contribution < 1.29 is 8.42 Å². The lowest BCUT2D eigenvalue weighted by Gasteiger charge is -2.12. The van der Waals surface area contributed by atoms with E-state index in [1.807, 2.05) is 0 Å². The van der Waals surface area contributed by atoms with Crippen molar-refractivity contribution in [3.8, 4) is 0 Å². The van der Waals surface area contributed by atoms with Crippen LogP contribution in [0.25, 0.3) is 0 Å². The molecule has 0 amide bonds. The zero-order valence-electron chi connectivity index (χ0n) is 10.9. The molecular formula is C11H16N6O2S. The fourth-order valence-corrected chi connectivity index (χ4v) is 2.62. The van der Waals surface area contributed by atoms with Crippen LogP contribution in [0.2, 0.25) is 0 Å². The molecule has 0 unspecified atom stereocenters. The van der Waals surface area contributed by atoms with Gasteiger partial charge in [0.15, 0.2) is 0 Å². The number of benzene rings is 1. The molecule has 9 heteroatoms. The van der Waals surface area contributed by atoms with Gasteiger partial charge in [-0.15, -0.1) is 5.10 Å². The van der Waals surface area contributed by atoms with Crippen molar-refractivity contribution in [3.05, 3.63) is 30.6 Å². The van der Waals surface area contributed by atoms with Crippen LogP contribution < -0.4 is 15.8 Å². The molecule has 0 bridgehead atoms. The molecule has 0 saturated heterocycles. The molecule has 1 aromatic heterocycles. The topological polar surface area (TPSA) is 115 Å². The van der Waals surface area contributed by atoms with Gasteiger partial charge in [0.25, 0.3) is 0 Å². The zero-order chi connectivity index (χ0) is 14.6. The Hall–Kier alpha value is -2.13. The highest BCUT2D eigenvalue weighted by atomic mass is 32.2. The maximum Gasteiger partial charge on any atom is 0.242 e. The summed E-state index contributed by atoms with van der Waals surface area (Å²) in [6.45, 7) is 1.09. The molecule has 4 N–H and O–H groups in total. The minimum Gasteiger partial charge on any atom is -0.399 e. The summed E-state index contributed by atoms with van der Waals surface area (Å²) in [5, 5.41) is 10.6. The Morgan fingerprint density at radius 1 is 1.40 bits per heavy atom. The van der Waals surface area contributed by atoms with Gasteiger partial charge in [0.05, 0.1) is 18.4 Å². The summed E-state index contributed by atoms with van der Waals surface area (Å²) in [4.78, 5) is 0.124. The average molecular weight is 296 g/mol. The normalized spacial score (nSPS) is 11.4. The van der Waals surface area contributed by atoms with Crippen molar-refractivity contribution >= 4 is 21.4 Å². The lowest BCUT2D eigenvalue weighted by molar-refractivity contribution is 0.588. The number of nitrogens with zero attached hydrogens (tertiary/aromatic N) is 3. The number of nitrogens with one attached hydrogen (secondary N) is 2. The number of nitrogen functional groups attached to an aromatic ring is 1. The summed E-state index contributed by atoms with van der Waals surface area (Å²) in [5.74, 6) is 0. The summed E-state index contributed by atoms with van der Waals surface area (Å²) in [7, 11) is -2.20. The van der Waals surface area contributed by atoms with Gasteiger partial charge >= 0.3 is 0 Å². The first kappa shape index (κ1) is 14.3. The maximum absolute atomic E-state index is 11.9. The van der Waals surface area contributed by atoms with Crippen LogP contribution in [-0.2, 0) is 16.6 Å². The Morgan fingerprint density at radius 3 is 2.85 bits per heavy atom. The molecule has 0 aliphatic rings. The van der Waals surface area contributed by atoms with Gasteiger partial charge in [-0.3, -0.25) is 4.68 Å². The van der Waals surface area contributed by atoms with Gasteiger partial charge in [-0.25, -0.2) is 13.1 Å². The van der Waals surface area contributed by atoms with E-state index in [9.17, 15) is 8.42 Å². The third-order valence-electron chi connectivity index (χ3n) is 2.69. The Labute approximate surface area is 117 Å². The maximum atomic E-state index is 11.9. The van der Waals surface area contributed by atoms with Crippen molar-refractivity contribution in [1.29, 1.82) is 0 Å². The van der Waals surface area contributed by atoms with E-state index in [-0.39, 0.29) is 4.90 Å². The van der Waals surface area contributed by atoms with Gasteiger partial charge in [0.2, 0.25) is 10.0 Å². The van der Waals surface area contributed by atoms with Gasteiger partial charge in [0.1, 0.15) is 4.90 Å². The van der Waals surface area contributed by atoms with Crippen LogP contribution in [0.5, 0.6) is 0 Å². The first-order valence-corrected chi connectivity index (χ1v) is 7.42. The molecule has 0 aliphatic heterocycles. The molecule has 0 aliphatic carbocycles. The van der Waals surface area contributed by atoms with E-state index in [0.29, 0.717) is 24.5 Å². The minimum atomic E-state index is -3.56. The second-order valence-electron chi connectivity index (χ2n) is 4.06. The third kappa shape index (κ3) is 3.25. The lowest BCUT2D eigenvalue weighted by atomic mass is 10.3. The molecule has 0 fully saturated rings. The number of hydrogen-bond acceptors (Lipinski definition) is 6. The standard InChI is InChI=1S/C11H16N6O2S/c1-13-20(18,19)11-8-9(12)2-3-10(11)14-4-6-17-7-5-15-16-17/h2-3,5,7-8,13-14H,4,6,12H2,1H3. The highest BCUT2D eigenvalue weighted by Gasteiger charge is 2.16. The second-order valence-corrected chi connectivity index (χ2v) is 5.91. The number of aromatic nitrogens is 3. The fourth-order valence-electron chi connectivity index (χ4n) is 1.67. The van der Waals surface area contributed by atoms with Gasteiger partial charge < -0.3 is 11.1 Å². The highest BCUT2D eigenvalue weighted by molar-refractivity contribution is 7.89. The van der Waals surface area contributed by atoms with E-state index >= 15 is 0 Å². The van der Waals surface area contributed by atoms with Crippen molar-refractivity contribution in [1.82, 2.24) is 19.7 Å². The Bertz CT molecular complexity index is 668. The number of anilines is 2. The van der Waals surface area contributed by atoms with Crippen molar-refractivity contribution in [2.75, 3.05) is 24.6 Å². The first-order valence-electron chi connectivity index (χ1n) is 5.94. The quantitative estimate of drug-likeness (QED) is 0.640. The van der Waals surface area contributed by atoms with Crippen LogP contribution in [0.1, 0.15) is 0 Å². The van der Waals surface area contributed by atoms with E-state index in [2.05, 4.69) is 20.4 Å². The van der Waals surface area contributed by atoms with Crippen LogP contribution in [0.4, 0.5) is 11.4 Å². The van der Waals surface area contributed by atoms with Gasteiger partial charge in [-0.05, 0) is 25.2 Å². The molecule has 108 valence electrons. The van der Waals surface area contributed by atoms with Crippen LogP contribution in [-0.4, -0.2) is 37.0 Å². The monoisotopic (exact) mass is 296 g/mol. The van der Waals surface area contributed by atoms with Gasteiger partial charge in [-0.2, -0.15) is 0 Å². The SMILES string of the molecule is CNS(=O)(=O)c1cc(N)ccc1NCCn1ccnn1. The smallest absolute Gasteiger partial charge is 0.242 e. The van der Waals surface area contributed by atoms with E-state index in [0.717, 1.165) is 0 Å². The molecule has 1 heterocycles. The largest absolute Gasteiger partial charge is 0.399 e. The van der Waals surface area contributed by atoms with Crippen LogP contribution in [0, 0.1) is 0 Å². The fraction of sp³-hybridized carbons (Fsp3) is 0.273. The van der Waals surface area contributed by atoms with Gasteiger partial charge in [-0.1, -0.05) is 5.21 Å². The summed E-state index contributed by atoms with van der Waals surface area (Å²) >= 11 is 0. The minimum absolute atomic E-state index is 0.124. The highest BCUT2D eigenvalue weighted by Crippen LogP contribution is 2.23. The van der Waals surface area contributed by atoms with Crippen molar-refractivity contribution in [2.45, 2.75) is 11.4 Å². The molecule has 2 aromatic rings. The molecule has 20 heavy (non-hydrogen) atoms. The van der Waals surface area contributed by atoms with Crippen molar-refractivity contribution in [2.24, 2.45) is 0 Å². The third-order valence-corrected chi connectivity index (χ3v) is 4.15. The average Bonchev–Trinajstić information content (AvgIpc) is 2.93. The molecule has 2 rings (SSSR count).